The fourth-order valence-corrected chi connectivity index (χ4v) is 2.10. The van der Waals surface area contributed by atoms with Crippen LogP contribution in [0.3, 0.4) is 0 Å². The highest BCUT2D eigenvalue weighted by atomic mass is 35.5. The van der Waals surface area contributed by atoms with Crippen molar-refractivity contribution in [3.05, 3.63) is 34.9 Å². The SMILES string of the molecule is CCCNC(c1ccc(Cl)cc1)C(CC)OC. The molecule has 3 heteroatoms. The Balaban J connectivity index is 2.84. The summed E-state index contributed by atoms with van der Waals surface area (Å²) < 4.78 is 5.55. The number of halogens is 1. The minimum Gasteiger partial charge on any atom is -0.379 e. The number of rotatable bonds is 7. The molecule has 17 heavy (non-hydrogen) atoms. The van der Waals surface area contributed by atoms with E-state index in [-0.39, 0.29) is 12.1 Å². The maximum atomic E-state index is 5.92. The van der Waals surface area contributed by atoms with Gasteiger partial charge in [-0.05, 0) is 37.1 Å². The van der Waals surface area contributed by atoms with Crippen LogP contribution in [0.5, 0.6) is 0 Å². The van der Waals surface area contributed by atoms with Crippen molar-refractivity contribution in [2.75, 3.05) is 13.7 Å². The molecule has 1 aromatic carbocycles. The zero-order chi connectivity index (χ0) is 12.7. The van der Waals surface area contributed by atoms with Gasteiger partial charge < -0.3 is 10.1 Å². The molecule has 2 nitrogen and oxygen atoms in total. The Hall–Kier alpha value is -0.570. The second-order valence-electron chi connectivity index (χ2n) is 4.17. The van der Waals surface area contributed by atoms with E-state index in [0.717, 1.165) is 24.4 Å². The van der Waals surface area contributed by atoms with Gasteiger partial charge in [0.1, 0.15) is 0 Å². The van der Waals surface area contributed by atoms with Gasteiger partial charge in [-0.1, -0.05) is 37.6 Å². The molecule has 96 valence electrons. The first kappa shape index (κ1) is 14.5. The van der Waals surface area contributed by atoms with Crippen LogP contribution in [0.1, 0.15) is 38.3 Å². The van der Waals surface area contributed by atoms with Crippen molar-refractivity contribution in [3.8, 4) is 0 Å². The van der Waals surface area contributed by atoms with E-state index in [1.54, 1.807) is 7.11 Å². The Labute approximate surface area is 109 Å². The van der Waals surface area contributed by atoms with E-state index in [0.29, 0.717) is 0 Å². The summed E-state index contributed by atoms with van der Waals surface area (Å²) in [5, 5.41) is 4.31. The zero-order valence-corrected chi connectivity index (χ0v) is 11.6. The normalized spacial score (nSPS) is 14.6. The fourth-order valence-electron chi connectivity index (χ4n) is 1.97. The molecule has 2 unspecified atom stereocenters. The monoisotopic (exact) mass is 255 g/mol. The van der Waals surface area contributed by atoms with E-state index in [4.69, 9.17) is 16.3 Å². The largest absolute Gasteiger partial charge is 0.379 e. The molecule has 1 N–H and O–H groups in total. The maximum Gasteiger partial charge on any atom is 0.0763 e. The Morgan fingerprint density at radius 2 is 1.88 bits per heavy atom. The number of nitrogens with one attached hydrogen (secondary N) is 1. The molecule has 1 rings (SSSR count). The predicted octanol–water partition coefficient (Wildman–Crippen LogP) is 3.81. The maximum absolute atomic E-state index is 5.92. The number of hydrogen-bond donors (Lipinski definition) is 1. The van der Waals surface area contributed by atoms with Gasteiger partial charge in [0.15, 0.2) is 0 Å². The number of hydrogen-bond acceptors (Lipinski definition) is 2. The molecule has 0 amide bonds. The van der Waals surface area contributed by atoms with Crippen molar-refractivity contribution in [1.82, 2.24) is 5.32 Å². The van der Waals surface area contributed by atoms with Crippen LogP contribution >= 0.6 is 11.6 Å². The minimum absolute atomic E-state index is 0.197. The lowest BCUT2D eigenvalue weighted by Crippen LogP contribution is -2.33. The lowest BCUT2D eigenvalue weighted by atomic mass is 9.99. The van der Waals surface area contributed by atoms with Crippen LogP contribution in [0.2, 0.25) is 5.02 Å². The Morgan fingerprint density at radius 1 is 1.24 bits per heavy atom. The van der Waals surface area contributed by atoms with Crippen LogP contribution in [-0.4, -0.2) is 19.8 Å². The van der Waals surface area contributed by atoms with Crippen LogP contribution in [0.15, 0.2) is 24.3 Å². The second kappa shape index (κ2) is 7.70. The summed E-state index contributed by atoms with van der Waals surface area (Å²) in [5.41, 5.74) is 1.23. The van der Waals surface area contributed by atoms with Crippen LogP contribution in [0, 0.1) is 0 Å². The quantitative estimate of drug-likeness (QED) is 0.800. The first-order valence-corrected chi connectivity index (χ1v) is 6.62. The first-order valence-electron chi connectivity index (χ1n) is 6.24. The van der Waals surface area contributed by atoms with E-state index in [1.165, 1.54) is 5.56 Å². The Kier molecular flexibility index (Phi) is 6.56. The molecule has 0 aromatic heterocycles. The lowest BCUT2D eigenvalue weighted by molar-refractivity contribution is 0.0651. The molecular formula is C14H22ClNO. The molecule has 0 aliphatic carbocycles. The number of methoxy groups -OCH3 is 1. The topological polar surface area (TPSA) is 21.3 Å². The van der Waals surface area contributed by atoms with Crippen LogP contribution < -0.4 is 5.32 Å². The van der Waals surface area contributed by atoms with Gasteiger partial charge in [0.2, 0.25) is 0 Å². The molecule has 0 fully saturated rings. The highest BCUT2D eigenvalue weighted by Gasteiger charge is 2.20. The summed E-state index contributed by atoms with van der Waals surface area (Å²) in [6.45, 7) is 5.30. The van der Waals surface area contributed by atoms with Crippen molar-refractivity contribution in [3.63, 3.8) is 0 Å². The van der Waals surface area contributed by atoms with Crippen LogP contribution in [0.25, 0.3) is 0 Å². The average molecular weight is 256 g/mol. The predicted molar refractivity (Wildman–Crippen MR) is 73.6 cm³/mol. The van der Waals surface area contributed by atoms with Gasteiger partial charge in [-0.15, -0.1) is 0 Å². The lowest BCUT2D eigenvalue weighted by Gasteiger charge is -2.26. The van der Waals surface area contributed by atoms with Crippen molar-refractivity contribution >= 4 is 11.6 Å². The van der Waals surface area contributed by atoms with Gasteiger partial charge in [-0.3, -0.25) is 0 Å². The van der Waals surface area contributed by atoms with Gasteiger partial charge in [0, 0.05) is 12.1 Å². The molecule has 0 heterocycles. The Morgan fingerprint density at radius 3 is 2.35 bits per heavy atom. The zero-order valence-electron chi connectivity index (χ0n) is 10.9. The number of benzene rings is 1. The van der Waals surface area contributed by atoms with Gasteiger partial charge in [-0.2, -0.15) is 0 Å². The average Bonchev–Trinajstić information content (AvgIpc) is 2.36. The molecule has 2 atom stereocenters. The second-order valence-corrected chi connectivity index (χ2v) is 4.60. The van der Waals surface area contributed by atoms with Crippen molar-refractivity contribution in [1.29, 1.82) is 0 Å². The summed E-state index contributed by atoms with van der Waals surface area (Å²) in [6.07, 6.45) is 2.30. The summed E-state index contributed by atoms with van der Waals surface area (Å²) in [6, 6.07) is 8.23. The van der Waals surface area contributed by atoms with E-state index in [2.05, 4.69) is 31.3 Å². The molecule has 0 radical (unpaired) electrons. The molecule has 0 bridgehead atoms. The smallest absolute Gasteiger partial charge is 0.0763 e. The van der Waals surface area contributed by atoms with E-state index in [1.807, 2.05) is 12.1 Å². The molecule has 0 aliphatic rings. The summed E-state index contributed by atoms with van der Waals surface area (Å²) in [4.78, 5) is 0. The molecular weight excluding hydrogens is 234 g/mol. The fraction of sp³-hybridized carbons (Fsp3) is 0.571. The number of ether oxygens (including phenoxy) is 1. The molecule has 1 aromatic rings. The third kappa shape index (κ3) is 4.30. The molecule has 0 saturated carbocycles. The highest BCUT2D eigenvalue weighted by Crippen LogP contribution is 2.23. The van der Waals surface area contributed by atoms with E-state index >= 15 is 0 Å². The first-order chi connectivity index (χ1) is 8.22. The van der Waals surface area contributed by atoms with Crippen LogP contribution in [-0.2, 0) is 4.74 Å². The van der Waals surface area contributed by atoms with Gasteiger partial charge in [0.25, 0.3) is 0 Å². The van der Waals surface area contributed by atoms with Gasteiger partial charge >= 0.3 is 0 Å². The van der Waals surface area contributed by atoms with Gasteiger partial charge in [0.05, 0.1) is 12.1 Å². The van der Waals surface area contributed by atoms with Crippen molar-refractivity contribution < 1.29 is 4.74 Å². The summed E-state index contributed by atoms with van der Waals surface area (Å²) >= 11 is 5.92. The summed E-state index contributed by atoms with van der Waals surface area (Å²) in [7, 11) is 1.77. The standard InChI is InChI=1S/C14H22ClNO/c1-4-10-16-14(13(5-2)17-3)11-6-8-12(15)9-7-11/h6-9,13-14,16H,4-5,10H2,1-3H3. The summed E-state index contributed by atoms with van der Waals surface area (Å²) in [5.74, 6) is 0. The van der Waals surface area contributed by atoms with Crippen molar-refractivity contribution in [2.45, 2.75) is 38.8 Å². The van der Waals surface area contributed by atoms with E-state index in [9.17, 15) is 0 Å². The molecule has 0 saturated heterocycles. The molecule has 0 spiro atoms. The van der Waals surface area contributed by atoms with E-state index < -0.39 is 0 Å². The minimum atomic E-state index is 0.197. The van der Waals surface area contributed by atoms with Gasteiger partial charge in [-0.25, -0.2) is 0 Å². The third-order valence-electron chi connectivity index (χ3n) is 2.92. The molecule has 0 aliphatic heterocycles. The highest BCUT2D eigenvalue weighted by molar-refractivity contribution is 6.30. The third-order valence-corrected chi connectivity index (χ3v) is 3.17. The van der Waals surface area contributed by atoms with Crippen LogP contribution in [0.4, 0.5) is 0 Å². The van der Waals surface area contributed by atoms with Crippen molar-refractivity contribution in [2.24, 2.45) is 0 Å². The Bertz CT molecular complexity index is 309.